The predicted molar refractivity (Wildman–Crippen MR) is 40.0 cm³/mol. The Morgan fingerprint density at radius 2 is 2.36 bits per heavy atom. The lowest BCUT2D eigenvalue weighted by molar-refractivity contribution is -0.142. The van der Waals surface area contributed by atoms with Crippen LogP contribution in [-0.4, -0.2) is 24.3 Å². The van der Waals surface area contributed by atoms with Gasteiger partial charge in [0.25, 0.3) is 0 Å². The summed E-state index contributed by atoms with van der Waals surface area (Å²) in [4.78, 5) is 10.6. The Morgan fingerprint density at radius 1 is 1.73 bits per heavy atom. The minimum absolute atomic E-state index is 0.146. The quantitative estimate of drug-likeness (QED) is 0.613. The van der Waals surface area contributed by atoms with E-state index in [-0.39, 0.29) is 12.4 Å². The summed E-state index contributed by atoms with van der Waals surface area (Å²) in [7, 11) is 1.34. The molecule has 0 bridgehead atoms. The molecule has 0 unspecified atom stereocenters. The molecule has 64 valence electrons. The zero-order valence-electron chi connectivity index (χ0n) is 6.75. The van der Waals surface area contributed by atoms with E-state index in [4.69, 9.17) is 0 Å². The van der Waals surface area contributed by atoms with Gasteiger partial charge < -0.3 is 9.84 Å². The van der Waals surface area contributed by atoms with E-state index in [1.165, 1.54) is 20.0 Å². The van der Waals surface area contributed by atoms with Crippen LogP contribution in [0.15, 0.2) is 0 Å². The first-order valence-electron chi connectivity index (χ1n) is 3.97. The van der Waals surface area contributed by atoms with Gasteiger partial charge >= 0.3 is 5.97 Å². The van der Waals surface area contributed by atoms with Crippen molar-refractivity contribution in [2.45, 2.75) is 31.8 Å². The third-order valence-corrected chi connectivity index (χ3v) is 1.93. The summed E-state index contributed by atoms with van der Waals surface area (Å²) >= 11 is 0. The van der Waals surface area contributed by atoms with E-state index in [2.05, 4.69) is 4.74 Å². The van der Waals surface area contributed by atoms with Gasteiger partial charge in [0, 0.05) is 0 Å². The fraction of sp³-hybridized carbons (Fsp3) is 0.875. The van der Waals surface area contributed by atoms with Gasteiger partial charge in [0.05, 0.1) is 19.6 Å². The summed E-state index contributed by atoms with van der Waals surface area (Å²) < 4.78 is 4.42. The standard InChI is InChI=1S/C8H14O3/c1-11-8(10)5-7(9)4-6-2-3-6/h6-7,9H,2-5H2,1H3/t7-/m0/s1. The summed E-state index contributed by atoms with van der Waals surface area (Å²) in [5, 5.41) is 9.26. The van der Waals surface area contributed by atoms with Gasteiger partial charge in [0.1, 0.15) is 0 Å². The number of methoxy groups -OCH3 is 1. The minimum atomic E-state index is -0.491. The van der Waals surface area contributed by atoms with Crippen molar-refractivity contribution >= 4 is 5.97 Å². The molecule has 1 aliphatic carbocycles. The SMILES string of the molecule is COC(=O)C[C@@H](O)CC1CC1. The van der Waals surface area contributed by atoms with Crippen molar-refractivity contribution in [1.29, 1.82) is 0 Å². The largest absolute Gasteiger partial charge is 0.469 e. The number of aliphatic hydroxyl groups is 1. The van der Waals surface area contributed by atoms with Crippen molar-refractivity contribution in [3.8, 4) is 0 Å². The summed E-state index contributed by atoms with van der Waals surface area (Å²) in [6.45, 7) is 0. The topological polar surface area (TPSA) is 46.5 Å². The van der Waals surface area contributed by atoms with E-state index in [1.807, 2.05) is 0 Å². The zero-order chi connectivity index (χ0) is 8.27. The molecule has 1 fully saturated rings. The van der Waals surface area contributed by atoms with Crippen LogP contribution >= 0.6 is 0 Å². The second-order valence-electron chi connectivity index (χ2n) is 3.11. The van der Waals surface area contributed by atoms with Crippen LogP contribution in [-0.2, 0) is 9.53 Å². The number of carbonyl (C=O) groups is 1. The molecule has 0 aliphatic heterocycles. The van der Waals surface area contributed by atoms with Gasteiger partial charge in [-0.3, -0.25) is 4.79 Å². The maximum absolute atomic E-state index is 10.6. The Morgan fingerprint density at radius 3 is 2.82 bits per heavy atom. The Bertz CT molecular complexity index is 140. The van der Waals surface area contributed by atoms with Crippen LogP contribution in [0, 0.1) is 5.92 Å². The molecule has 0 aromatic heterocycles. The molecule has 0 spiro atoms. The van der Waals surface area contributed by atoms with E-state index >= 15 is 0 Å². The molecule has 0 aromatic rings. The van der Waals surface area contributed by atoms with Crippen molar-refractivity contribution in [3.63, 3.8) is 0 Å². The van der Waals surface area contributed by atoms with E-state index < -0.39 is 6.10 Å². The molecule has 3 heteroatoms. The molecule has 1 aliphatic rings. The Balaban J connectivity index is 2.08. The highest BCUT2D eigenvalue weighted by Crippen LogP contribution is 2.33. The van der Waals surface area contributed by atoms with Crippen LogP contribution in [0.1, 0.15) is 25.7 Å². The maximum atomic E-state index is 10.6. The highest BCUT2D eigenvalue weighted by molar-refractivity contribution is 5.69. The molecular weight excluding hydrogens is 144 g/mol. The van der Waals surface area contributed by atoms with Crippen molar-refractivity contribution in [1.82, 2.24) is 0 Å². The van der Waals surface area contributed by atoms with E-state index in [9.17, 15) is 9.90 Å². The smallest absolute Gasteiger partial charge is 0.308 e. The first-order valence-corrected chi connectivity index (χ1v) is 3.97. The Labute approximate surface area is 66.4 Å². The molecule has 0 radical (unpaired) electrons. The highest BCUT2D eigenvalue weighted by atomic mass is 16.5. The number of ether oxygens (including phenoxy) is 1. The average molecular weight is 158 g/mol. The van der Waals surface area contributed by atoms with Gasteiger partial charge in [-0.25, -0.2) is 0 Å². The highest BCUT2D eigenvalue weighted by Gasteiger charge is 2.25. The van der Waals surface area contributed by atoms with Crippen molar-refractivity contribution in [3.05, 3.63) is 0 Å². The molecule has 0 heterocycles. The third-order valence-electron chi connectivity index (χ3n) is 1.93. The van der Waals surface area contributed by atoms with Crippen molar-refractivity contribution in [2.75, 3.05) is 7.11 Å². The third kappa shape index (κ3) is 3.37. The molecule has 0 amide bonds. The molecule has 3 nitrogen and oxygen atoms in total. The predicted octanol–water partition coefficient (Wildman–Crippen LogP) is 0.710. The molecular formula is C8H14O3. The molecule has 1 atom stereocenters. The summed E-state index contributed by atoms with van der Waals surface area (Å²) in [5.74, 6) is 0.341. The molecule has 1 rings (SSSR count). The number of aliphatic hydroxyl groups excluding tert-OH is 1. The maximum Gasteiger partial charge on any atom is 0.308 e. The van der Waals surface area contributed by atoms with Crippen molar-refractivity contribution < 1.29 is 14.6 Å². The van der Waals surface area contributed by atoms with Crippen LogP contribution in [0.2, 0.25) is 0 Å². The normalized spacial score (nSPS) is 19.5. The van der Waals surface area contributed by atoms with E-state index in [0.717, 1.165) is 6.42 Å². The van der Waals surface area contributed by atoms with Gasteiger partial charge in [-0.1, -0.05) is 12.8 Å². The van der Waals surface area contributed by atoms with Crippen LogP contribution in [0.4, 0.5) is 0 Å². The van der Waals surface area contributed by atoms with Crippen LogP contribution in [0.5, 0.6) is 0 Å². The fourth-order valence-corrected chi connectivity index (χ4v) is 1.10. The fourth-order valence-electron chi connectivity index (χ4n) is 1.10. The van der Waals surface area contributed by atoms with Crippen LogP contribution in [0.3, 0.4) is 0 Å². The lowest BCUT2D eigenvalue weighted by Gasteiger charge is -2.06. The monoisotopic (exact) mass is 158 g/mol. The first kappa shape index (κ1) is 8.53. The zero-order valence-corrected chi connectivity index (χ0v) is 6.75. The lowest BCUT2D eigenvalue weighted by atomic mass is 10.1. The number of rotatable bonds is 4. The molecule has 0 saturated heterocycles. The van der Waals surface area contributed by atoms with Gasteiger partial charge in [-0.05, 0) is 12.3 Å². The molecule has 11 heavy (non-hydrogen) atoms. The van der Waals surface area contributed by atoms with E-state index in [1.54, 1.807) is 0 Å². The number of carbonyl (C=O) groups excluding carboxylic acids is 1. The van der Waals surface area contributed by atoms with Gasteiger partial charge in [0.2, 0.25) is 0 Å². The summed E-state index contributed by atoms with van der Waals surface area (Å²) in [5.41, 5.74) is 0. The van der Waals surface area contributed by atoms with Crippen LogP contribution in [0.25, 0.3) is 0 Å². The van der Waals surface area contributed by atoms with Gasteiger partial charge in [-0.2, -0.15) is 0 Å². The summed E-state index contributed by atoms with van der Waals surface area (Å²) in [6, 6.07) is 0. The van der Waals surface area contributed by atoms with E-state index in [0.29, 0.717) is 5.92 Å². The summed E-state index contributed by atoms with van der Waals surface area (Å²) in [6.07, 6.45) is 2.83. The molecule has 1 N–H and O–H groups in total. The number of hydrogen-bond acceptors (Lipinski definition) is 3. The minimum Gasteiger partial charge on any atom is -0.469 e. The van der Waals surface area contributed by atoms with Gasteiger partial charge in [0.15, 0.2) is 0 Å². The number of esters is 1. The molecule has 1 saturated carbocycles. The second kappa shape index (κ2) is 3.72. The second-order valence-corrected chi connectivity index (χ2v) is 3.11. The number of hydrogen-bond donors (Lipinski definition) is 1. The Kier molecular flexibility index (Phi) is 2.88. The lowest BCUT2D eigenvalue weighted by Crippen LogP contribution is -2.14. The molecule has 0 aromatic carbocycles. The Hall–Kier alpha value is -0.570. The average Bonchev–Trinajstić information content (AvgIpc) is 2.71. The van der Waals surface area contributed by atoms with Crippen LogP contribution < -0.4 is 0 Å². The van der Waals surface area contributed by atoms with Gasteiger partial charge in [-0.15, -0.1) is 0 Å². The first-order chi connectivity index (χ1) is 5.22. The van der Waals surface area contributed by atoms with Crippen molar-refractivity contribution in [2.24, 2.45) is 5.92 Å².